The van der Waals surface area contributed by atoms with Gasteiger partial charge in [0.2, 0.25) is 0 Å². The van der Waals surface area contributed by atoms with E-state index in [0.717, 1.165) is 16.6 Å². The van der Waals surface area contributed by atoms with Gasteiger partial charge in [0, 0.05) is 27.8 Å². The summed E-state index contributed by atoms with van der Waals surface area (Å²) in [5.41, 5.74) is 0.0975. The molecule has 2 nitrogen and oxygen atoms in total. The van der Waals surface area contributed by atoms with Crippen molar-refractivity contribution in [1.29, 1.82) is 0 Å². The molecule has 1 unspecified atom stereocenters. The number of thiophene rings is 1. The smallest absolute Gasteiger partial charge is 0.0992 e. The standard InChI is InChI=1S/C14H16BrNOS/c1-14(17,11-5-3-2-4-6-11)10-16-8-13-7-12(15)9-18-13/h2-7,9,16-17H,8,10H2,1H3. The van der Waals surface area contributed by atoms with Crippen LogP contribution >= 0.6 is 27.3 Å². The molecule has 0 bridgehead atoms. The largest absolute Gasteiger partial charge is 0.384 e. The van der Waals surface area contributed by atoms with Gasteiger partial charge in [0.1, 0.15) is 0 Å². The molecule has 0 aliphatic rings. The molecule has 2 aromatic rings. The molecule has 1 aromatic heterocycles. The van der Waals surface area contributed by atoms with Crippen molar-refractivity contribution in [2.75, 3.05) is 6.54 Å². The molecule has 1 heterocycles. The number of benzene rings is 1. The molecule has 0 aliphatic carbocycles. The zero-order valence-corrected chi connectivity index (χ0v) is 12.6. The van der Waals surface area contributed by atoms with Crippen molar-refractivity contribution in [2.24, 2.45) is 0 Å². The summed E-state index contributed by atoms with van der Waals surface area (Å²) in [4.78, 5) is 1.26. The Bertz CT molecular complexity index is 496. The van der Waals surface area contributed by atoms with Gasteiger partial charge in [-0.3, -0.25) is 0 Å². The highest BCUT2D eigenvalue weighted by molar-refractivity contribution is 9.10. The maximum atomic E-state index is 10.4. The summed E-state index contributed by atoms with van der Waals surface area (Å²) < 4.78 is 1.11. The average molecular weight is 326 g/mol. The molecule has 18 heavy (non-hydrogen) atoms. The summed E-state index contributed by atoms with van der Waals surface area (Å²) in [5, 5.41) is 15.8. The van der Waals surface area contributed by atoms with E-state index in [1.165, 1.54) is 4.88 Å². The van der Waals surface area contributed by atoms with E-state index in [2.05, 4.69) is 32.7 Å². The topological polar surface area (TPSA) is 32.3 Å². The normalized spacial score (nSPS) is 14.4. The fourth-order valence-electron chi connectivity index (χ4n) is 1.77. The Morgan fingerprint density at radius 1 is 1.33 bits per heavy atom. The zero-order chi connectivity index (χ0) is 13.0. The Labute approximate surface area is 120 Å². The highest BCUT2D eigenvalue weighted by atomic mass is 79.9. The van der Waals surface area contributed by atoms with Crippen molar-refractivity contribution in [1.82, 2.24) is 5.32 Å². The molecule has 0 fully saturated rings. The molecular formula is C14H16BrNOS. The second-order valence-electron chi connectivity index (χ2n) is 4.47. The van der Waals surface area contributed by atoms with Gasteiger partial charge in [0.25, 0.3) is 0 Å². The lowest BCUT2D eigenvalue weighted by atomic mass is 9.96. The maximum absolute atomic E-state index is 10.4. The van der Waals surface area contributed by atoms with Crippen molar-refractivity contribution < 1.29 is 5.11 Å². The van der Waals surface area contributed by atoms with Crippen LogP contribution in [0.2, 0.25) is 0 Å². The summed E-state index contributed by atoms with van der Waals surface area (Å²) in [6, 6.07) is 11.8. The highest BCUT2D eigenvalue weighted by Crippen LogP contribution is 2.21. The van der Waals surface area contributed by atoms with Gasteiger partial charge in [0.15, 0.2) is 0 Å². The Morgan fingerprint density at radius 2 is 2.06 bits per heavy atom. The zero-order valence-electron chi connectivity index (χ0n) is 10.2. The lowest BCUT2D eigenvalue weighted by molar-refractivity contribution is 0.0567. The molecule has 2 N–H and O–H groups in total. The van der Waals surface area contributed by atoms with Crippen molar-refractivity contribution in [3.05, 3.63) is 56.7 Å². The highest BCUT2D eigenvalue weighted by Gasteiger charge is 2.21. The van der Waals surface area contributed by atoms with E-state index in [1.54, 1.807) is 11.3 Å². The predicted octanol–water partition coefficient (Wildman–Crippen LogP) is 3.51. The second kappa shape index (κ2) is 5.97. The van der Waals surface area contributed by atoms with Crippen molar-refractivity contribution in [3.63, 3.8) is 0 Å². The summed E-state index contributed by atoms with van der Waals surface area (Å²) in [7, 11) is 0. The van der Waals surface area contributed by atoms with Crippen LogP contribution in [-0.4, -0.2) is 11.7 Å². The van der Waals surface area contributed by atoms with Crippen LogP contribution in [0.3, 0.4) is 0 Å². The second-order valence-corrected chi connectivity index (χ2v) is 6.39. The number of rotatable bonds is 5. The fourth-order valence-corrected chi connectivity index (χ4v) is 3.20. The summed E-state index contributed by atoms with van der Waals surface area (Å²) in [6.07, 6.45) is 0. The van der Waals surface area contributed by atoms with Crippen LogP contribution < -0.4 is 5.32 Å². The Kier molecular flexibility index (Phi) is 4.56. The lowest BCUT2D eigenvalue weighted by Gasteiger charge is -2.24. The first-order valence-electron chi connectivity index (χ1n) is 5.79. The molecule has 0 aliphatic heterocycles. The van der Waals surface area contributed by atoms with Crippen LogP contribution in [0.5, 0.6) is 0 Å². The van der Waals surface area contributed by atoms with Gasteiger partial charge in [-0.05, 0) is 34.5 Å². The minimum atomic E-state index is -0.838. The van der Waals surface area contributed by atoms with E-state index in [1.807, 2.05) is 37.3 Å². The molecule has 2 rings (SSSR count). The number of aliphatic hydroxyl groups is 1. The van der Waals surface area contributed by atoms with Gasteiger partial charge in [-0.1, -0.05) is 30.3 Å². The van der Waals surface area contributed by atoms with Gasteiger partial charge in [-0.25, -0.2) is 0 Å². The van der Waals surface area contributed by atoms with Gasteiger partial charge in [-0.15, -0.1) is 11.3 Å². The van der Waals surface area contributed by atoms with Gasteiger partial charge < -0.3 is 10.4 Å². The minimum absolute atomic E-state index is 0.534. The first-order valence-corrected chi connectivity index (χ1v) is 7.47. The van der Waals surface area contributed by atoms with Crippen molar-refractivity contribution >= 4 is 27.3 Å². The number of halogens is 1. The van der Waals surface area contributed by atoms with Crippen LogP contribution in [0.1, 0.15) is 17.4 Å². The first kappa shape index (κ1) is 13.7. The fraction of sp³-hybridized carbons (Fsp3) is 0.286. The molecule has 0 saturated heterocycles. The minimum Gasteiger partial charge on any atom is -0.384 e. The molecule has 1 aromatic carbocycles. The Balaban J connectivity index is 1.89. The molecule has 0 amide bonds. The van der Waals surface area contributed by atoms with Crippen molar-refractivity contribution in [2.45, 2.75) is 19.1 Å². The molecule has 0 saturated carbocycles. The van der Waals surface area contributed by atoms with E-state index in [-0.39, 0.29) is 0 Å². The molecule has 4 heteroatoms. The van der Waals surface area contributed by atoms with Crippen LogP contribution in [0.25, 0.3) is 0 Å². The quantitative estimate of drug-likeness (QED) is 0.881. The Morgan fingerprint density at radius 3 is 2.67 bits per heavy atom. The van der Waals surface area contributed by atoms with Gasteiger partial charge >= 0.3 is 0 Å². The monoisotopic (exact) mass is 325 g/mol. The molecule has 1 atom stereocenters. The number of hydrogen-bond donors (Lipinski definition) is 2. The third-order valence-electron chi connectivity index (χ3n) is 2.79. The van der Waals surface area contributed by atoms with Crippen LogP contribution in [-0.2, 0) is 12.1 Å². The van der Waals surface area contributed by atoms with E-state index in [4.69, 9.17) is 0 Å². The third kappa shape index (κ3) is 3.65. The van der Waals surface area contributed by atoms with Crippen LogP contribution in [0.15, 0.2) is 46.3 Å². The van der Waals surface area contributed by atoms with Gasteiger partial charge in [0.05, 0.1) is 5.60 Å². The molecular weight excluding hydrogens is 310 g/mol. The molecule has 0 radical (unpaired) electrons. The van der Waals surface area contributed by atoms with Gasteiger partial charge in [-0.2, -0.15) is 0 Å². The van der Waals surface area contributed by atoms with E-state index in [0.29, 0.717) is 6.54 Å². The number of nitrogens with one attached hydrogen (secondary N) is 1. The predicted molar refractivity (Wildman–Crippen MR) is 79.7 cm³/mol. The van der Waals surface area contributed by atoms with Crippen LogP contribution in [0.4, 0.5) is 0 Å². The van der Waals surface area contributed by atoms with Crippen molar-refractivity contribution in [3.8, 4) is 0 Å². The number of hydrogen-bond acceptors (Lipinski definition) is 3. The third-order valence-corrected chi connectivity index (χ3v) is 4.48. The summed E-state index contributed by atoms with van der Waals surface area (Å²) >= 11 is 5.14. The summed E-state index contributed by atoms with van der Waals surface area (Å²) in [5.74, 6) is 0. The lowest BCUT2D eigenvalue weighted by Crippen LogP contribution is -2.34. The average Bonchev–Trinajstić information content (AvgIpc) is 2.76. The Hall–Kier alpha value is -0.680. The van der Waals surface area contributed by atoms with E-state index < -0.39 is 5.60 Å². The summed E-state index contributed by atoms with van der Waals surface area (Å²) in [6.45, 7) is 3.14. The van der Waals surface area contributed by atoms with E-state index in [9.17, 15) is 5.11 Å². The molecule has 0 spiro atoms. The van der Waals surface area contributed by atoms with Crippen LogP contribution in [0, 0.1) is 0 Å². The SMILES string of the molecule is CC(O)(CNCc1cc(Br)cs1)c1ccccc1. The first-order chi connectivity index (χ1) is 8.58. The maximum Gasteiger partial charge on any atom is 0.0992 e. The van der Waals surface area contributed by atoms with E-state index >= 15 is 0 Å². The molecule has 96 valence electrons.